The number of carbonyl (C=O) groups is 1. The first kappa shape index (κ1) is 19.3. The Labute approximate surface area is 149 Å². The number of nitrogens with zero attached hydrogens (tertiary/aromatic N) is 3. The highest BCUT2D eigenvalue weighted by Crippen LogP contribution is 2.28. The number of hydrogen-bond donors (Lipinski definition) is 1. The van der Waals surface area contributed by atoms with E-state index in [2.05, 4.69) is 10.4 Å². The molecule has 0 aliphatic carbocycles. The van der Waals surface area contributed by atoms with Crippen molar-refractivity contribution in [1.82, 2.24) is 20.0 Å². The van der Waals surface area contributed by atoms with Crippen LogP contribution >= 0.6 is 12.4 Å². The van der Waals surface area contributed by atoms with E-state index in [1.807, 2.05) is 6.92 Å². The van der Waals surface area contributed by atoms with E-state index < -0.39 is 11.9 Å². The number of alkyl halides is 3. The van der Waals surface area contributed by atoms with Gasteiger partial charge in [-0.3, -0.25) is 4.79 Å². The molecule has 1 atom stereocenters. The fourth-order valence-electron chi connectivity index (χ4n) is 2.70. The van der Waals surface area contributed by atoms with Crippen LogP contribution in [0.5, 0.6) is 0 Å². The molecule has 1 amide bonds. The molecule has 9 heteroatoms. The van der Waals surface area contributed by atoms with Crippen molar-refractivity contribution in [1.29, 1.82) is 0 Å². The predicted molar refractivity (Wildman–Crippen MR) is 89.2 cm³/mol. The lowest BCUT2D eigenvalue weighted by molar-refractivity contribution is -0.141. The Kier molecular flexibility index (Phi) is 5.74. The molecule has 0 saturated carbocycles. The van der Waals surface area contributed by atoms with Crippen LogP contribution in [0.2, 0.25) is 0 Å². The first-order valence-corrected chi connectivity index (χ1v) is 7.60. The molecular weight excluding hydrogens is 357 g/mol. The van der Waals surface area contributed by atoms with Crippen molar-refractivity contribution in [3.05, 3.63) is 47.8 Å². The number of benzene rings is 1. The van der Waals surface area contributed by atoms with Crippen molar-refractivity contribution in [3.63, 3.8) is 0 Å². The van der Waals surface area contributed by atoms with Gasteiger partial charge in [-0.2, -0.15) is 18.3 Å². The standard InChI is InChI=1S/C16H17F3N4O.ClH/c1-11-10-22(8-6-20-11)15(24)12-3-2-4-13(9-12)23-7-5-14(21-23)16(17,18)19;/h2-5,7,9,11,20H,6,8,10H2,1H3;1H. The fraction of sp³-hybridized carbons (Fsp3) is 0.375. The van der Waals surface area contributed by atoms with E-state index in [9.17, 15) is 18.0 Å². The van der Waals surface area contributed by atoms with Crippen LogP contribution in [0.15, 0.2) is 36.5 Å². The summed E-state index contributed by atoms with van der Waals surface area (Å²) >= 11 is 0. The lowest BCUT2D eigenvalue weighted by atomic mass is 10.1. The minimum Gasteiger partial charge on any atom is -0.336 e. The number of nitrogens with one attached hydrogen (secondary N) is 1. The molecule has 2 heterocycles. The molecule has 3 rings (SSSR count). The van der Waals surface area contributed by atoms with E-state index in [1.165, 1.54) is 6.20 Å². The predicted octanol–water partition coefficient (Wildman–Crippen LogP) is 2.75. The minimum absolute atomic E-state index is 0. The van der Waals surface area contributed by atoms with Crippen LogP contribution in [-0.2, 0) is 6.18 Å². The van der Waals surface area contributed by atoms with Crippen molar-refractivity contribution in [2.24, 2.45) is 0 Å². The molecule has 1 aromatic carbocycles. The summed E-state index contributed by atoms with van der Waals surface area (Å²) in [4.78, 5) is 14.3. The second kappa shape index (κ2) is 7.45. The van der Waals surface area contributed by atoms with Crippen LogP contribution in [0.25, 0.3) is 5.69 Å². The smallest absolute Gasteiger partial charge is 0.336 e. The van der Waals surface area contributed by atoms with Crippen molar-refractivity contribution in [2.45, 2.75) is 19.1 Å². The molecule has 1 fully saturated rings. The highest BCUT2D eigenvalue weighted by molar-refractivity contribution is 5.94. The molecule has 0 radical (unpaired) electrons. The van der Waals surface area contributed by atoms with Crippen LogP contribution in [-0.4, -0.2) is 46.3 Å². The van der Waals surface area contributed by atoms with E-state index in [0.29, 0.717) is 24.3 Å². The van der Waals surface area contributed by atoms with Gasteiger partial charge in [-0.25, -0.2) is 4.68 Å². The molecule has 136 valence electrons. The quantitative estimate of drug-likeness (QED) is 0.879. The van der Waals surface area contributed by atoms with E-state index in [4.69, 9.17) is 0 Å². The lowest BCUT2D eigenvalue weighted by Crippen LogP contribution is -2.51. The van der Waals surface area contributed by atoms with Gasteiger partial charge < -0.3 is 10.2 Å². The van der Waals surface area contributed by atoms with Crippen LogP contribution in [0.4, 0.5) is 13.2 Å². The normalized spacial score (nSPS) is 17.9. The van der Waals surface area contributed by atoms with Gasteiger partial charge in [0.05, 0.1) is 5.69 Å². The first-order chi connectivity index (χ1) is 11.3. The van der Waals surface area contributed by atoms with Gasteiger partial charge in [0.2, 0.25) is 0 Å². The van der Waals surface area contributed by atoms with Crippen molar-refractivity contribution >= 4 is 18.3 Å². The lowest BCUT2D eigenvalue weighted by Gasteiger charge is -2.32. The maximum atomic E-state index is 12.7. The third-order valence-corrected chi connectivity index (χ3v) is 3.89. The SMILES string of the molecule is CC1CN(C(=O)c2cccc(-n3ccc(C(F)(F)F)n3)c2)CCN1.Cl. The summed E-state index contributed by atoms with van der Waals surface area (Å²) in [6.45, 7) is 3.93. The molecule has 25 heavy (non-hydrogen) atoms. The summed E-state index contributed by atoms with van der Waals surface area (Å²) in [7, 11) is 0. The largest absolute Gasteiger partial charge is 0.435 e. The molecule has 1 aromatic heterocycles. The van der Waals surface area contributed by atoms with Gasteiger partial charge in [-0.05, 0) is 31.2 Å². The summed E-state index contributed by atoms with van der Waals surface area (Å²) in [5, 5.41) is 6.79. The molecule has 0 spiro atoms. The number of piperazine rings is 1. The molecule has 1 saturated heterocycles. The third-order valence-electron chi connectivity index (χ3n) is 3.89. The van der Waals surface area contributed by atoms with Gasteiger partial charge in [-0.1, -0.05) is 6.07 Å². The average molecular weight is 375 g/mol. The highest BCUT2D eigenvalue weighted by Gasteiger charge is 2.33. The number of aromatic nitrogens is 2. The number of rotatable bonds is 2. The van der Waals surface area contributed by atoms with E-state index in [1.54, 1.807) is 29.2 Å². The van der Waals surface area contributed by atoms with Crippen molar-refractivity contribution < 1.29 is 18.0 Å². The monoisotopic (exact) mass is 374 g/mol. The molecule has 2 aromatic rings. The van der Waals surface area contributed by atoms with Crippen LogP contribution in [0, 0.1) is 0 Å². The summed E-state index contributed by atoms with van der Waals surface area (Å²) < 4.78 is 39.1. The second-order valence-corrected chi connectivity index (χ2v) is 5.80. The maximum Gasteiger partial charge on any atom is 0.435 e. The Hall–Kier alpha value is -2.06. The topological polar surface area (TPSA) is 50.2 Å². The first-order valence-electron chi connectivity index (χ1n) is 7.60. The van der Waals surface area contributed by atoms with Gasteiger partial charge in [0, 0.05) is 37.4 Å². The third kappa shape index (κ3) is 4.32. The molecule has 1 N–H and O–H groups in total. The molecule has 1 unspecified atom stereocenters. The Balaban J connectivity index is 0.00000225. The Morgan fingerprint density at radius 2 is 2.08 bits per heavy atom. The number of carbonyl (C=O) groups excluding carboxylic acids is 1. The van der Waals surface area contributed by atoms with E-state index in [0.717, 1.165) is 17.3 Å². The Bertz CT molecular complexity index is 747. The zero-order chi connectivity index (χ0) is 17.3. The fourth-order valence-corrected chi connectivity index (χ4v) is 2.70. The number of amides is 1. The number of hydrogen-bond acceptors (Lipinski definition) is 3. The molecule has 1 aliphatic rings. The van der Waals surface area contributed by atoms with E-state index >= 15 is 0 Å². The summed E-state index contributed by atoms with van der Waals surface area (Å²) in [6.07, 6.45) is -3.26. The summed E-state index contributed by atoms with van der Waals surface area (Å²) in [6, 6.07) is 7.60. The average Bonchev–Trinajstić information content (AvgIpc) is 3.04. The maximum absolute atomic E-state index is 12.7. The summed E-state index contributed by atoms with van der Waals surface area (Å²) in [5.74, 6) is -0.131. The molecular formula is C16H18ClF3N4O. The van der Waals surface area contributed by atoms with Gasteiger partial charge in [-0.15, -0.1) is 12.4 Å². The van der Waals surface area contributed by atoms with Crippen LogP contribution in [0.3, 0.4) is 0 Å². The zero-order valence-corrected chi connectivity index (χ0v) is 14.3. The number of halogens is 4. The minimum atomic E-state index is -4.49. The van der Waals surface area contributed by atoms with Gasteiger partial charge in [0.1, 0.15) is 0 Å². The van der Waals surface area contributed by atoms with Gasteiger partial charge in [0.25, 0.3) is 5.91 Å². The molecule has 5 nitrogen and oxygen atoms in total. The van der Waals surface area contributed by atoms with Crippen molar-refractivity contribution in [3.8, 4) is 5.69 Å². The van der Waals surface area contributed by atoms with Crippen molar-refractivity contribution in [2.75, 3.05) is 19.6 Å². The van der Waals surface area contributed by atoms with Gasteiger partial charge in [0.15, 0.2) is 5.69 Å². The second-order valence-electron chi connectivity index (χ2n) is 5.80. The highest BCUT2D eigenvalue weighted by atomic mass is 35.5. The zero-order valence-electron chi connectivity index (χ0n) is 13.5. The molecule has 1 aliphatic heterocycles. The van der Waals surface area contributed by atoms with Crippen LogP contribution in [0.1, 0.15) is 23.0 Å². The Morgan fingerprint density at radius 3 is 2.72 bits per heavy atom. The summed E-state index contributed by atoms with van der Waals surface area (Å²) in [5.41, 5.74) is -0.111. The van der Waals surface area contributed by atoms with Crippen LogP contribution < -0.4 is 5.32 Å². The van der Waals surface area contributed by atoms with E-state index in [-0.39, 0.29) is 24.4 Å². The molecule has 0 bridgehead atoms. The van der Waals surface area contributed by atoms with Gasteiger partial charge >= 0.3 is 6.18 Å². The Morgan fingerprint density at radius 1 is 1.32 bits per heavy atom.